The fraction of sp³-hybridized carbons (Fsp3) is 0.538. The van der Waals surface area contributed by atoms with Crippen LogP contribution in [0.5, 0.6) is 5.75 Å². The molecule has 3 atom stereocenters. The number of ether oxygens (including phenoxy) is 1. The molecule has 1 fully saturated rings. The van der Waals surface area contributed by atoms with E-state index >= 15 is 0 Å². The van der Waals surface area contributed by atoms with Gasteiger partial charge in [-0.2, -0.15) is 0 Å². The minimum atomic E-state index is -0.229. The molecule has 0 N–H and O–H groups in total. The summed E-state index contributed by atoms with van der Waals surface area (Å²) in [6.45, 7) is 2.09. The van der Waals surface area contributed by atoms with E-state index in [0.717, 1.165) is 18.4 Å². The molecule has 1 aliphatic carbocycles. The molecule has 16 heavy (non-hydrogen) atoms. The van der Waals surface area contributed by atoms with Crippen LogP contribution < -0.4 is 4.74 Å². The highest BCUT2D eigenvalue weighted by Gasteiger charge is 2.34. The van der Waals surface area contributed by atoms with Crippen molar-refractivity contribution in [2.45, 2.75) is 31.1 Å². The summed E-state index contributed by atoms with van der Waals surface area (Å²) in [5.41, 5.74) is 0.745. The van der Waals surface area contributed by atoms with E-state index < -0.39 is 0 Å². The van der Waals surface area contributed by atoms with Gasteiger partial charge in [-0.1, -0.05) is 19.1 Å². The van der Waals surface area contributed by atoms with Crippen LogP contribution >= 0.6 is 11.6 Å². The van der Waals surface area contributed by atoms with Crippen LogP contribution in [0.2, 0.25) is 0 Å². The monoisotopic (exact) mass is 242 g/mol. The highest BCUT2D eigenvalue weighted by Crippen LogP contribution is 2.43. The van der Waals surface area contributed by atoms with Crippen LogP contribution in [0.15, 0.2) is 18.2 Å². The summed E-state index contributed by atoms with van der Waals surface area (Å²) < 4.78 is 19.1. The lowest BCUT2D eigenvalue weighted by Crippen LogP contribution is -2.11. The Morgan fingerprint density at radius 2 is 2.12 bits per heavy atom. The van der Waals surface area contributed by atoms with Crippen molar-refractivity contribution in [1.29, 1.82) is 0 Å². The minimum absolute atomic E-state index is 0.163. The highest BCUT2D eigenvalue weighted by molar-refractivity contribution is 6.21. The first-order chi connectivity index (χ1) is 7.65. The Bertz CT molecular complexity index is 380. The molecule has 88 valence electrons. The van der Waals surface area contributed by atoms with E-state index in [1.54, 1.807) is 6.07 Å². The van der Waals surface area contributed by atoms with Crippen molar-refractivity contribution in [2.75, 3.05) is 7.11 Å². The maximum absolute atomic E-state index is 14.1. The molecular weight excluding hydrogens is 227 g/mol. The van der Waals surface area contributed by atoms with E-state index in [1.807, 2.05) is 12.1 Å². The van der Waals surface area contributed by atoms with Crippen LogP contribution in [-0.4, -0.2) is 12.5 Å². The lowest BCUT2D eigenvalue weighted by Gasteiger charge is -2.19. The van der Waals surface area contributed by atoms with E-state index in [0.29, 0.717) is 11.7 Å². The van der Waals surface area contributed by atoms with Crippen molar-refractivity contribution in [2.24, 2.45) is 5.92 Å². The number of benzene rings is 1. The second-order valence-electron chi connectivity index (χ2n) is 4.42. The third-order valence-corrected chi connectivity index (χ3v) is 4.19. The van der Waals surface area contributed by atoms with E-state index in [4.69, 9.17) is 16.3 Å². The minimum Gasteiger partial charge on any atom is -0.494 e. The first kappa shape index (κ1) is 11.7. The predicted octanol–water partition coefficient (Wildman–Crippen LogP) is 3.96. The largest absolute Gasteiger partial charge is 0.494 e. The zero-order valence-corrected chi connectivity index (χ0v) is 10.3. The van der Waals surface area contributed by atoms with Crippen molar-refractivity contribution < 1.29 is 9.13 Å². The Morgan fingerprint density at radius 1 is 1.38 bits per heavy atom. The van der Waals surface area contributed by atoms with Gasteiger partial charge in [-0.3, -0.25) is 0 Å². The zero-order valence-electron chi connectivity index (χ0n) is 9.54. The molecule has 3 unspecified atom stereocenters. The molecule has 1 aromatic rings. The maximum atomic E-state index is 14.1. The summed E-state index contributed by atoms with van der Waals surface area (Å²) >= 11 is 6.18. The fourth-order valence-electron chi connectivity index (χ4n) is 2.53. The molecule has 1 aromatic carbocycles. The fourth-order valence-corrected chi connectivity index (χ4v) is 2.83. The zero-order chi connectivity index (χ0) is 11.7. The summed E-state index contributed by atoms with van der Waals surface area (Å²) in [5, 5.41) is 0.163. The Labute approximate surface area is 101 Å². The lowest BCUT2D eigenvalue weighted by molar-refractivity contribution is 0.379. The van der Waals surface area contributed by atoms with E-state index in [1.165, 1.54) is 7.11 Å². The highest BCUT2D eigenvalue weighted by atomic mass is 35.5. The van der Waals surface area contributed by atoms with E-state index in [-0.39, 0.29) is 17.1 Å². The Morgan fingerprint density at radius 3 is 2.69 bits per heavy atom. The van der Waals surface area contributed by atoms with Crippen molar-refractivity contribution >= 4 is 11.6 Å². The smallest absolute Gasteiger partial charge is 0.168 e. The molecule has 1 nitrogen and oxygen atoms in total. The van der Waals surface area contributed by atoms with Gasteiger partial charge in [0.05, 0.1) is 7.11 Å². The second kappa shape index (κ2) is 4.62. The molecule has 1 aliphatic rings. The first-order valence-corrected chi connectivity index (χ1v) is 6.05. The van der Waals surface area contributed by atoms with Crippen molar-refractivity contribution in [3.8, 4) is 5.75 Å². The van der Waals surface area contributed by atoms with Gasteiger partial charge < -0.3 is 4.74 Å². The van der Waals surface area contributed by atoms with Gasteiger partial charge >= 0.3 is 0 Å². The van der Waals surface area contributed by atoms with Crippen LogP contribution in [0, 0.1) is 11.7 Å². The summed E-state index contributed by atoms with van der Waals surface area (Å²) in [6, 6.07) is 5.33. The number of halogens is 2. The van der Waals surface area contributed by atoms with Crippen LogP contribution in [0.25, 0.3) is 0 Å². The topological polar surface area (TPSA) is 9.23 Å². The molecule has 0 spiro atoms. The quantitative estimate of drug-likeness (QED) is 0.714. The van der Waals surface area contributed by atoms with Gasteiger partial charge in [0, 0.05) is 5.38 Å². The van der Waals surface area contributed by atoms with Gasteiger partial charge in [-0.25, -0.2) is 4.39 Å². The third-order valence-electron chi connectivity index (χ3n) is 3.57. The van der Waals surface area contributed by atoms with Gasteiger partial charge in [0.1, 0.15) is 0 Å². The lowest BCUT2D eigenvalue weighted by atomic mass is 9.89. The molecule has 0 aliphatic heterocycles. The third kappa shape index (κ3) is 1.91. The van der Waals surface area contributed by atoms with Crippen LogP contribution in [-0.2, 0) is 0 Å². The Balaban J connectivity index is 2.34. The normalized spacial score (nSPS) is 29.4. The maximum Gasteiger partial charge on any atom is 0.168 e. The van der Waals surface area contributed by atoms with Crippen LogP contribution in [0.1, 0.15) is 31.2 Å². The number of alkyl halides is 1. The van der Waals surface area contributed by atoms with Crippen LogP contribution in [0.4, 0.5) is 4.39 Å². The molecule has 1 saturated carbocycles. The van der Waals surface area contributed by atoms with Gasteiger partial charge in [0.2, 0.25) is 0 Å². The van der Waals surface area contributed by atoms with Gasteiger partial charge in [0.25, 0.3) is 0 Å². The van der Waals surface area contributed by atoms with Gasteiger partial charge in [-0.05, 0) is 36.3 Å². The molecule has 3 heteroatoms. The Hall–Kier alpha value is -0.760. The molecule has 0 amide bonds. The van der Waals surface area contributed by atoms with Crippen molar-refractivity contribution in [1.82, 2.24) is 0 Å². The predicted molar refractivity (Wildman–Crippen MR) is 63.7 cm³/mol. The standard InChI is InChI=1S/C13H16ClFO/c1-8-9(6-7-11(8)14)10-4-3-5-12(16-2)13(10)15/h3-5,8-9,11H,6-7H2,1-2H3. The summed E-state index contributed by atoms with van der Waals surface area (Å²) in [5.74, 6) is 0.635. The number of hydrogen-bond acceptors (Lipinski definition) is 1. The molecular formula is C13H16ClFO. The number of rotatable bonds is 2. The summed E-state index contributed by atoms with van der Waals surface area (Å²) in [7, 11) is 1.49. The van der Waals surface area contributed by atoms with Crippen molar-refractivity contribution in [3.05, 3.63) is 29.6 Å². The molecule has 0 radical (unpaired) electrons. The summed E-state index contributed by atoms with van der Waals surface area (Å²) in [6.07, 6.45) is 1.92. The molecule has 0 aromatic heterocycles. The Kier molecular flexibility index (Phi) is 3.38. The van der Waals surface area contributed by atoms with Gasteiger partial charge in [-0.15, -0.1) is 11.6 Å². The van der Waals surface area contributed by atoms with Crippen molar-refractivity contribution in [3.63, 3.8) is 0 Å². The SMILES string of the molecule is COc1cccc(C2CCC(Cl)C2C)c1F. The van der Waals surface area contributed by atoms with Gasteiger partial charge in [0.15, 0.2) is 11.6 Å². The first-order valence-electron chi connectivity index (χ1n) is 5.61. The average molecular weight is 243 g/mol. The molecule has 2 rings (SSSR count). The molecule has 0 bridgehead atoms. The van der Waals surface area contributed by atoms with E-state index in [9.17, 15) is 4.39 Å². The average Bonchev–Trinajstić information content (AvgIpc) is 2.61. The summed E-state index contributed by atoms with van der Waals surface area (Å²) in [4.78, 5) is 0. The number of methoxy groups -OCH3 is 1. The molecule has 0 saturated heterocycles. The molecule has 0 heterocycles. The van der Waals surface area contributed by atoms with E-state index in [2.05, 4.69) is 6.92 Å². The number of hydrogen-bond donors (Lipinski definition) is 0. The van der Waals surface area contributed by atoms with Crippen LogP contribution in [0.3, 0.4) is 0 Å². The second-order valence-corrected chi connectivity index (χ2v) is 4.98.